The Morgan fingerprint density at radius 3 is 2.94 bits per heavy atom. The highest BCUT2D eigenvalue weighted by Gasteiger charge is 2.13. The zero-order valence-corrected chi connectivity index (χ0v) is 10.7. The van der Waals surface area contributed by atoms with E-state index in [0.29, 0.717) is 23.7 Å². The number of hydrogen-bond acceptors (Lipinski definition) is 4. The third kappa shape index (κ3) is 3.39. The van der Waals surface area contributed by atoms with Gasteiger partial charge < -0.3 is 0 Å². The van der Waals surface area contributed by atoms with Crippen LogP contribution in [0.15, 0.2) is 40.2 Å². The van der Waals surface area contributed by atoms with Crippen LogP contribution < -0.4 is 4.72 Å². The Hall–Kier alpha value is -1.18. The van der Waals surface area contributed by atoms with Gasteiger partial charge in [-0.05, 0) is 23.9 Å². The predicted octanol–water partition coefficient (Wildman–Crippen LogP) is 1.31. The number of rotatable bonds is 6. The maximum Gasteiger partial charge on any atom is 0.250 e. The average Bonchev–Trinajstić information content (AvgIpc) is 2.97. The molecule has 2 aromatic heterocycles. The molecule has 0 amide bonds. The van der Waals surface area contributed by atoms with Crippen molar-refractivity contribution in [3.63, 3.8) is 0 Å². The fourth-order valence-electron chi connectivity index (χ4n) is 1.37. The van der Waals surface area contributed by atoms with Gasteiger partial charge in [0.1, 0.15) is 4.21 Å². The summed E-state index contributed by atoms with van der Waals surface area (Å²) in [6.07, 6.45) is 4.27. The van der Waals surface area contributed by atoms with Gasteiger partial charge in [-0.1, -0.05) is 6.07 Å². The zero-order chi connectivity index (χ0) is 12.1. The Labute approximate surface area is 104 Å². The lowest BCUT2D eigenvalue weighted by atomic mass is 10.4. The molecule has 0 aliphatic carbocycles. The number of nitrogens with zero attached hydrogens (tertiary/aromatic N) is 2. The molecule has 5 nitrogen and oxygen atoms in total. The smallest absolute Gasteiger partial charge is 0.250 e. The molecule has 2 heterocycles. The molecule has 2 aromatic rings. The van der Waals surface area contributed by atoms with E-state index in [1.165, 1.54) is 11.3 Å². The van der Waals surface area contributed by atoms with Crippen molar-refractivity contribution in [1.29, 1.82) is 0 Å². The summed E-state index contributed by atoms with van der Waals surface area (Å²) in [5.41, 5.74) is 0. The van der Waals surface area contributed by atoms with Crippen molar-refractivity contribution in [2.24, 2.45) is 0 Å². The molecular formula is C10H13N3O2S2. The van der Waals surface area contributed by atoms with Gasteiger partial charge in [0, 0.05) is 25.5 Å². The minimum atomic E-state index is -3.32. The molecule has 0 aliphatic rings. The van der Waals surface area contributed by atoms with Gasteiger partial charge in [-0.25, -0.2) is 13.1 Å². The van der Waals surface area contributed by atoms with E-state index in [1.54, 1.807) is 28.4 Å². The first-order valence-electron chi connectivity index (χ1n) is 5.19. The van der Waals surface area contributed by atoms with Crippen LogP contribution in [0.2, 0.25) is 0 Å². The molecule has 17 heavy (non-hydrogen) atoms. The van der Waals surface area contributed by atoms with Crippen molar-refractivity contribution in [2.75, 3.05) is 6.54 Å². The van der Waals surface area contributed by atoms with Crippen LogP contribution in [0.1, 0.15) is 6.42 Å². The maximum absolute atomic E-state index is 11.7. The standard InChI is InChI=1S/C10H13N3O2S2/c14-17(15,10-4-1-9-16-10)12-6-3-8-13-7-2-5-11-13/h1-2,4-5,7,9,12H,3,6,8H2. The molecule has 92 valence electrons. The van der Waals surface area contributed by atoms with Gasteiger partial charge in [-0.15, -0.1) is 11.3 Å². The van der Waals surface area contributed by atoms with E-state index in [0.717, 1.165) is 0 Å². The van der Waals surface area contributed by atoms with Crippen molar-refractivity contribution in [3.05, 3.63) is 36.0 Å². The molecule has 0 unspecified atom stereocenters. The molecule has 0 spiro atoms. The second-order valence-electron chi connectivity index (χ2n) is 3.45. The minimum absolute atomic E-state index is 0.358. The SMILES string of the molecule is O=S(=O)(NCCCn1cccn1)c1cccs1. The van der Waals surface area contributed by atoms with Gasteiger partial charge in [0.15, 0.2) is 0 Å². The van der Waals surface area contributed by atoms with E-state index in [-0.39, 0.29) is 0 Å². The Balaban J connectivity index is 1.79. The molecular weight excluding hydrogens is 258 g/mol. The molecule has 2 rings (SSSR count). The molecule has 0 saturated carbocycles. The molecule has 0 saturated heterocycles. The predicted molar refractivity (Wildman–Crippen MR) is 66.4 cm³/mol. The fraction of sp³-hybridized carbons (Fsp3) is 0.300. The van der Waals surface area contributed by atoms with Crippen molar-refractivity contribution >= 4 is 21.4 Å². The van der Waals surface area contributed by atoms with Crippen LogP contribution in [-0.2, 0) is 16.6 Å². The van der Waals surface area contributed by atoms with Crippen molar-refractivity contribution in [3.8, 4) is 0 Å². The molecule has 0 bridgehead atoms. The third-order valence-electron chi connectivity index (χ3n) is 2.18. The van der Waals surface area contributed by atoms with Crippen LogP contribution in [0.3, 0.4) is 0 Å². The lowest BCUT2D eigenvalue weighted by Gasteiger charge is -2.04. The molecule has 0 atom stereocenters. The summed E-state index contributed by atoms with van der Waals surface area (Å²) in [7, 11) is -3.32. The Bertz CT molecular complexity index is 532. The fourth-order valence-corrected chi connectivity index (χ4v) is 3.48. The number of thiophene rings is 1. The monoisotopic (exact) mass is 271 g/mol. The van der Waals surface area contributed by atoms with Gasteiger partial charge >= 0.3 is 0 Å². The summed E-state index contributed by atoms with van der Waals surface area (Å²) < 4.78 is 28.2. The summed E-state index contributed by atoms with van der Waals surface area (Å²) >= 11 is 1.22. The normalized spacial score (nSPS) is 11.8. The van der Waals surface area contributed by atoms with E-state index in [1.807, 2.05) is 12.3 Å². The van der Waals surface area contributed by atoms with E-state index < -0.39 is 10.0 Å². The van der Waals surface area contributed by atoms with E-state index in [9.17, 15) is 8.42 Å². The lowest BCUT2D eigenvalue weighted by molar-refractivity contribution is 0.554. The first-order valence-corrected chi connectivity index (χ1v) is 7.55. The van der Waals surface area contributed by atoms with E-state index >= 15 is 0 Å². The van der Waals surface area contributed by atoms with Crippen LogP contribution >= 0.6 is 11.3 Å². The van der Waals surface area contributed by atoms with Gasteiger partial charge in [-0.3, -0.25) is 4.68 Å². The van der Waals surface area contributed by atoms with Crippen molar-refractivity contribution in [1.82, 2.24) is 14.5 Å². The first-order chi connectivity index (χ1) is 8.18. The van der Waals surface area contributed by atoms with Crippen LogP contribution in [0, 0.1) is 0 Å². The second kappa shape index (κ2) is 5.44. The van der Waals surface area contributed by atoms with Crippen LogP contribution in [-0.4, -0.2) is 24.7 Å². The van der Waals surface area contributed by atoms with Crippen LogP contribution in [0.4, 0.5) is 0 Å². The second-order valence-corrected chi connectivity index (χ2v) is 6.39. The van der Waals surface area contributed by atoms with E-state index in [2.05, 4.69) is 9.82 Å². The Kier molecular flexibility index (Phi) is 3.93. The van der Waals surface area contributed by atoms with Crippen molar-refractivity contribution in [2.45, 2.75) is 17.2 Å². The average molecular weight is 271 g/mol. The lowest BCUT2D eigenvalue weighted by Crippen LogP contribution is -2.24. The highest BCUT2D eigenvalue weighted by Crippen LogP contribution is 2.14. The highest BCUT2D eigenvalue weighted by atomic mass is 32.2. The van der Waals surface area contributed by atoms with Gasteiger partial charge in [0.25, 0.3) is 0 Å². The summed E-state index contributed by atoms with van der Waals surface area (Å²) in [6.45, 7) is 1.13. The number of nitrogens with one attached hydrogen (secondary N) is 1. The molecule has 0 aromatic carbocycles. The van der Waals surface area contributed by atoms with Gasteiger partial charge in [-0.2, -0.15) is 5.10 Å². The number of hydrogen-bond donors (Lipinski definition) is 1. The summed E-state index contributed by atoms with van der Waals surface area (Å²) in [6, 6.07) is 5.17. The summed E-state index contributed by atoms with van der Waals surface area (Å²) in [4.78, 5) is 0. The topological polar surface area (TPSA) is 64.0 Å². The third-order valence-corrected chi connectivity index (χ3v) is 5.03. The number of aromatic nitrogens is 2. The Morgan fingerprint density at radius 2 is 2.29 bits per heavy atom. The largest absolute Gasteiger partial charge is 0.273 e. The Morgan fingerprint density at radius 1 is 1.41 bits per heavy atom. The zero-order valence-electron chi connectivity index (χ0n) is 9.11. The summed E-state index contributed by atoms with van der Waals surface area (Å²) in [5, 5.41) is 5.79. The molecule has 0 aliphatic heterocycles. The molecule has 7 heteroatoms. The first kappa shape index (κ1) is 12.3. The highest BCUT2D eigenvalue weighted by molar-refractivity contribution is 7.91. The van der Waals surface area contributed by atoms with Gasteiger partial charge in [0.05, 0.1) is 0 Å². The number of sulfonamides is 1. The quantitative estimate of drug-likeness (QED) is 0.806. The molecule has 0 radical (unpaired) electrons. The van der Waals surface area contributed by atoms with Crippen LogP contribution in [0.25, 0.3) is 0 Å². The number of aryl methyl sites for hydroxylation is 1. The van der Waals surface area contributed by atoms with Crippen molar-refractivity contribution < 1.29 is 8.42 Å². The maximum atomic E-state index is 11.7. The summed E-state index contributed by atoms with van der Waals surface area (Å²) in [5.74, 6) is 0. The van der Waals surface area contributed by atoms with Gasteiger partial charge in [0.2, 0.25) is 10.0 Å². The van der Waals surface area contributed by atoms with Crippen LogP contribution in [0.5, 0.6) is 0 Å². The molecule has 1 N–H and O–H groups in total. The minimum Gasteiger partial charge on any atom is -0.273 e. The molecule has 0 fully saturated rings. The van der Waals surface area contributed by atoms with E-state index in [4.69, 9.17) is 0 Å².